The number of benzene rings is 1. The third-order valence-electron chi connectivity index (χ3n) is 2.19. The second-order valence-electron chi connectivity index (χ2n) is 3.64. The predicted octanol–water partition coefficient (Wildman–Crippen LogP) is 0.317. The average molecular weight is 339 g/mol. The van der Waals surface area contributed by atoms with Crippen molar-refractivity contribution in [1.82, 2.24) is 4.72 Å². The van der Waals surface area contributed by atoms with Crippen LogP contribution in [0.5, 0.6) is 0 Å². The molecule has 0 spiro atoms. The van der Waals surface area contributed by atoms with Crippen LogP contribution in [0.2, 0.25) is 0 Å². The molecule has 0 aliphatic carbocycles. The van der Waals surface area contributed by atoms with Crippen LogP contribution in [0.25, 0.3) is 0 Å². The minimum atomic E-state index is -3.71. The molecule has 1 aromatic carbocycles. The van der Waals surface area contributed by atoms with Crippen LogP contribution in [0, 0.1) is 0 Å². The molecule has 4 N–H and O–H groups in total. The zero-order valence-corrected chi connectivity index (χ0v) is 12.2. The molecule has 0 bridgehead atoms. The number of nitrogens with one attached hydrogen (secondary N) is 1. The van der Waals surface area contributed by atoms with Crippen LogP contribution < -0.4 is 10.5 Å². The molecule has 1 aromatic rings. The molecule has 0 heterocycles. The highest BCUT2D eigenvalue weighted by Crippen LogP contribution is 2.23. The molecule has 102 valence electrons. The van der Waals surface area contributed by atoms with Crippen LogP contribution in [-0.4, -0.2) is 39.9 Å². The topological polar surface area (TPSA) is 102 Å². The summed E-state index contributed by atoms with van der Waals surface area (Å²) in [6.07, 6.45) is 0. The summed E-state index contributed by atoms with van der Waals surface area (Å²) >= 11 is 3.16. The Hall–Kier alpha value is -0.670. The van der Waals surface area contributed by atoms with Crippen LogP contribution in [0.3, 0.4) is 0 Å². The smallest absolute Gasteiger partial charge is 0.241 e. The summed E-state index contributed by atoms with van der Waals surface area (Å²) in [5.74, 6) is 0. The van der Waals surface area contributed by atoms with E-state index >= 15 is 0 Å². The third-order valence-corrected chi connectivity index (χ3v) is 4.40. The summed E-state index contributed by atoms with van der Waals surface area (Å²) in [7, 11) is -2.28. The van der Waals surface area contributed by atoms with Gasteiger partial charge in [-0.05, 0) is 34.1 Å². The number of anilines is 1. The highest BCUT2D eigenvalue weighted by atomic mass is 79.9. The van der Waals surface area contributed by atoms with Gasteiger partial charge >= 0.3 is 0 Å². The Morgan fingerprint density at radius 2 is 2.22 bits per heavy atom. The summed E-state index contributed by atoms with van der Waals surface area (Å²) in [5, 5.41) is 9.03. The summed E-state index contributed by atoms with van der Waals surface area (Å²) in [6, 6.07) is 3.60. The zero-order chi connectivity index (χ0) is 13.8. The van der Waals surface area contributed by atoms with E-state index in [1.807, 2.05) is 0 Å². The number of nitrogen functional groups attached to an aromatic ring is 1. The molecule has 1 atom stereocenters. The first-order valence-electron chi connectivity index (χ1n) is 5.08. The Kier molecular flexibility index (Phi) is 5.54. The lowest BCUT2D eigenvalue weighted by Crippen LogP contribution is -2.40. The molecule has 0 radical (unpaired) electrons. The fourth-order valence-electron chi connectivity index (χ4n) is 1.29. The van der Waals surface area contributed by atoms with Gasteiger partial charge in [-0.1, -0.05) is 0 Å². The molecule has 1 rings (SSSR count). The van der Waals surface area contributed by atoms with Gasteiger partial charge in [0.25, 0.3) is 0 Å². The standard InChI is InChI=1S/C10H15BrN2O4S/c1-17-6-7(5-14)13-18(15,16)8-2-3-10(12)9(11)4-8/h2-4,7,13-14H,5-6,12H2,1H3. The van der Waals surface area contributed by atoms with Gasteiger partial charge in [0, 0.05) is 17.3 Å². The zero-order valence-electron chi connectivity index (χ0n) is 9.76. The van der Waals surface area contributed by atoms with E-state index in [1.54, 1.807) is 0 Å². The van der Waals surface area contributed by atoms with Crippen molar-refractivity contribution < 1.29 is 18.3 Å². The van der Waals surface area contributed by atoms with E-state index in [2.05, 4.69) is 20.7 Å². The van der Waals surface area contributed by atoms with E-state index in [1.165, 1.54) is 25.3 Å². The molecule has 18 heavy (non-hydrogen) atoms. The maximum atomic E-state index is 12.0. The molecular weight excluding hydrogens is 324 g/mol. The van der Waals surface area contributed by atoms with Crippen molar-refractivity contribution in [1.29, 1.82) is 0 Å². The van der Waals surface area contributed by atoms with Gasteiger partial charge in [-0.25, -0.2) is 13.1 Å². The number of hydrogen-bond donors (Lipinski definition) is 3. The first-order chi connectivity index (χ1) is 8.40. The first kappa shape index (κ1) is 15.4. The van der Waals surface area contributed by atoms with Crippen LogP contribution >= 0.6 is 15.9 Å². The van der Waals surface area contributed by atoms with Gasteiger partial charge in [-0.2, -0.15) is 0 Å². The Balaban J connectivity index is 2.95. The molecule has 0 saturated carbocycles. The van der Waals surface area contributed by atoms with E-state index < -0.39 is 16.1 Å². The summed E-state index contributed by atoms with van der Waals surface area (Å²) in [5.41, 5.74) is 6.03. The van der Waals surface area contributed by atoms with E-state index in [0.29, 0.717) is 10.2 Å². The molecule has 0 amide bonds. The molecule has 0 aliphatic heterocycles. The van der Waals surface area contributed by atoms with Gasteiger partial charge < -0.3 is 15.6 Å². The number of sulfonamides is 1. The summed E-state index contributed by atoms with van der Waals surface area (Å²) in [4.78, 5) is 0.0677. The first-order valence-corrected chi connectivity index (χ1v) is 7.35. The average Bonchev–Trinajstić information content (AvgIpc) is 2.31. The molecular formula is C10H15BrN2O4S. The quantitative estimate of drug-likeness (QED) is 0.648. The lowest BCUT2D eigenvalue weighted by Gasteiger charge is -2.15. The van der Waals surface area contributed by atoms with Gasteiger partial charge in [-0.15, -0.1) is 0 Å². The Bertz CT molecular complexity index is 507. The van der Waals surface area contributed by atoms with Gasteiger partial charge in [0.05, 0.1) is 24.2 Å². The normalized spacial score (nSPS) is 13.5. The fourth-order valence-corrected chi connectivity index (χ4v) is 3.06. The number of nitrogens with two attached hydrogens (primary N) is 1. The molecule has 8 heteroatoms. The second kappa shape index (κ2) is 6.48. The molecule has 0 saturated heterocycles. The van der Waals surface area contributed by atoms with Crippen LogP contribution in [0.15, 0.2) is 27.6 Å². The van der Waals surface area contributed by atoms with Crippen LogP contribution in [-0.2, 0) is 14.8 Å². The van der Waals surface area contributed by atoms with E-state index in [9.17, 15) is 8.42 Å². The Morgan fingerprint density at radius 1 is 1.56 bits per heavy atom. The number of aliphatic hydroxyl groups excluding tert-OH is 1. The maximum absolute atomic E-state index is 12.0. The molecule has 0 aliphatic rings. The largest absolute Gasteiger partial charge is 0.398 e. The minimum Gasteiger partial charge on any atom is -0.398 e. The molecule has 1 unspecified atom stereocenters. The highest BCUT2D eigenvalue weighted by molar-refractivity contribution is 9.10. The van der Waals surface area contributed by atoms with Crippen LogP contribution in [0.1, 0.15) is 0 Å². The van der Waals surface area contributed by atoms with E-state index in [-0.39, 0.29) is 18.1 Å². The van der Waals surface area contributed by atoms with E-state index in [4.69, 9.17) is 15.6 Å². The Labute approximate surface area is 114 Å². The number of aliphatic hydroxyl groups is 1. The SMILES string of the molecule is COCC(CO)NS(=O)(=O)c1ccc(N)c(Br)c1. The number of rotatable bonds is 6. The van der Waals surface area contributed by atoms with Gasteiger partial charge in [0.2, 0.25) is 10.0 Å². The number of methoxy groups -OCH3 is 1. The summed E-state index contributed by atoms with van der Waals surface area (Å²) < 4.78 is 31.6. The van der Waals surface area contributed by atoms with Gasteiger partial charge in [0.15, 0.2) is 0 Å². The van der Waals surface area contributed by atoms with Crippen LogP contribution in [0.4, 0.5) is 5.69 Å². The minimum absolute atomic E-state index is 0.0677. The van der Waals surface area contributed by atoms with Crippen molar-refractivity contribution in [2.24, 2.45) is 0 Å². The second-order valence-corrected chi connectivity index (χ2v) is 6.21. The Morgan fingerprint density at radius 3 is 2.72 bits per heavy atom. The monoisotopic (exact) mass is 338 g/mol. The molecule has 0 aromatic heterocycles. The van der Waals surface area contributed by atoms with Crippen molar-refractivity contribution in [3.63, 3.8) is 0 Å². The molecule has 0 fully saturated rings. The number of hydrogen-bond acceptors (Lipinski definition) is 5. The summed E-state index contributed by atoms with van der Waals surface area (Å²) in [6.45, 7) is -0.255. The van der Waals surface area contributed by atoms with Crippen molar-refractivity contribution in [2.45, 2.75) is 10.9 Å². The van der Waals surface area contributed by atoms with Gasteiger partial charge in [0.1, 0.15) is 0 Å². The lowest BCUT2D eigenvalue weighted by molar-refractivity contribution is 0.139. The highest BCUT2D eigenvalue weighted by Gasteiger charge is 2.20. The van der Waals surface area contributed by atoms with Gasteiger partial charge in [-0.3, -0.25) is 0 Å². The number of ether oxygens (including phenoxy) is 1. The molecule has 6 nitrogen and oxygen atoms in total. The van der Waals surface area contributed by atoms with Crippen molar-refractivity contribution in [2.75, 3.05) is 26.1 Å². The van der Waals surface area contributed by atoms with Crippen molar-refractivity contribution in [3.8, 4) is 0 Å². The lowest BCUT2D eigenvalue weighted by atomic mass is 10.3. The fraction of sp³-hybridized carbons (Fsp3) is 0.400. The van der Waals surface area contributed by atoms with Crippen molar-refractivity contribution >= 4 is 31.6 Å². The predicted molar refractivity (Wildman–Crippen MR) is 71.6 cm³/mol. The maximum Gasteiger partial charge on any atom is 0.241 e. The van der Waals surface area contributed by atoms with Crippen molar-refractivity contribution in [3.05, 3.63) is 22.7 Å². The number of halogens is 1. The third kappa shape index (κ3) is 3.92. The van der Waals surface area contributed by atoms with E-state index in [0.717, 1.165) is 0 Å².